The van der Waals surface area contributed by atoms with Crippen molar-refractivity contribution in [1.82, 2.24) is 4.98 Å². The second-order valence-corrected chi connectivity index (χ2v) is 10.6. The van der Waals surface area contributed by atoms with Gasteiger partial charge >= 0.3 is 0 Å². The van der Waals surface area contributed by atoms with Crippen molar-refractivity contribution in [3.8, 4) is 0 Å². The predicted molar refractivity (Wildman–Crippen MR) is 128 cm³/mol. The Kier molecular flexibility index (Phi) is 4.59. The van der Waals surface area contributed by atoms with Gasteiger partial charge in [0.1, 0.15) is 0 Å². The van der Waals surface area contributed by atoms with Crippen LogP contribution >= 0.6 is 11.8 Å². The van der Waals surface area contributed by atoms with Crippen LogP contribution in [0.1, 0.15) is 44.1 Å². The zero-order chi connectivity index (χ0) is 21.0. The molecule has 2 unspecified atom stereocenters. The molecular weight excluding hydrogens is 388 g/mol. The van der Waals surface area contributed by atoms with Gasteiger partial charge in [-0.25, -0.2) is 4.98 Å². The van der Waals surface area contributed by atoms with Crippen LogP contribution in [-0.2, 0) is 0 Å². The second-order valence-electron chi connectivity index (χ2n) is 9.40. The Morgan fingerprint density at radius 1 is 0.967 bits per heavy atom. The molecule has 1 saturated heterocycles. The van der Waals surface area contributed by atoms with Crippen LogP contribution in [0.25, 0.3) is 22.1 Å². The number of hydrogen-bond donors (Lipinski definition) is 0. The molecule has 30 heavy (non-hydrogen) atoms. The van der Waals surface area contributed by atoms with E-state index in [0.29, 0.717) is 22.4 Å². The molecule has 4 aromatic rings. The van der Waals surface area contributed by atoms with Crippen LogP contribution in [0.2, 0.25) is 0 Å². The lowest BCUT2D eigenvalue weighted by Crippen LogP contribution is -2.42. The minimum atomic E-state index is 0.112. The van der Waals surface area contributed by atoms with Crippen LogP contribution in [-0.4, -0.2) is 16.4 Å². The first-order valence-corrected chi connectivity index (χ1v) is 11.6. The Balaban J connectivity index is 1.72. The molecule has 1 aliphatic rings. The van der Waals surface area contributed by atoms with E-state index < -0.39 is 0 Å². The van der Waals surface area contributed by atoms with E-state index >= 15 is 0 Å². The maximum absolute atomic E-state index is 6.37. The number of nitrogens with zero attached hydrogens (tertiary/aromatic N) is 2. The average molecular weight is 417 g/mol. The van der Waals surface area contributed by atoms with Crippen molar-refractivity contribution >= 4 is 39.5 Å². The van der Waals surface area contributed by atoms with E-state index in [-0.39, 0.29) is 5.41 Å². The summed E-state index contributed by atoms with van der Waals surface area (Å²) in [6.07, 6.45) is 1.80. The Bertz CT molecular complexity index is 1210. The van der Waals surface area contributed by atoms with Gasteiger partial charge in [0, 0.05) is 23.0 Å². The van der Waals surface area contributed by atoms with Gasteiger partial charge in [-0.1, -0.05) is 63.2 Å². The molecule has 5 rings (SSSR count). The van der Waals surface area contributed by atoms with Crippen molar-refractivity contribution in [3.05, 3.63) is 71.9 Å². The van der Waals surface area contributed by atoms with Gasteiger partial charge in [-0.3, -0.25) is 0 Å². The summed E-state index contributed by atoms with van der Waals surface area (Å²) in [5.74, 6) is 0. The largest absolute Gasteiger partial charge is 0.436 e. The highest BCUT2D eigenvalue weighted by Gasteiger charge is 2.46. The minimum absolute atomic E-state index is 0.112. The van der Waals surface area contributed by atoms with Crippen molar-refractivity contribution in [2.75, 3.05) is 4.90 Å². The topological polar surface area (TPSA) is 29.3 Å². The van der Waals surface area contributed by atoms with E-state index in [1.165, 1.54) is 16.8 Å². The molecule has 2 aromatic heterocycles. The summed E-state index contributed by atoms with van der Waals surface area (Å²) in [4.78, 5) is 7.09. The van der Waals surface area contributed by atoms with Crippen molar-refractivity contribution in [2.45, 2.75) is 51.3 Å². The molecule has 0 radical (unpaired) electrons. The highest BCUT2D eigenvalue weighted by Crippen LogP contribution is 2.55. The van der Waals surface area contributed by atoms with E-state index in [1.807, 2.05) is 6.07 Å². The Morgan fingerprint density at radius 2 is 1.73 bits per heavy atom. The van der Waals surface area contributed by atoms with E-state index in [9.17, 15) is 0 Å². The Hall–Kier alpha value is -2.46. The summed E-state index contributed by atoms with van der Waals surface area (Å²) >= 11 is 2.07. The van der Waals surface area contributed by atoms with E-state index in [4.69, 9.17) is 4.42 Å². The number of aromatic nitrogens is 1. The smallest absolute Gasteiger partial charge is 0.227 e. The highest BCUT2D eigenvalue weighted by molar-refractivity contribution is 8.00. The van der Waals surface area contributed by atoms with Crippen LogP contribution in [0.5, 0.6) is 0 Å². The SMILES string of the molecule is Cc1ccc2c(oc3ncccc32)c1N1C(C(C)(C)C)SC(c2ccccc2)[C@@H]1C. The standard InChI is InChI=1S/C26H28N2OS/c1-16-13-14-19-20-12-9-15-27-24(20)29-22(19)21(16)28-17(2)23(18-10-7-6-8-11-18)30-25(28)26(3,4)5/h6-15,17,23,25H,1-5H3/t17-,23?,25?/m0/s1. The molecule has 4 heteroatoms. The summed E-state index contributed by atoms with van der Waals surface area (Å²) in [5.41, 5.74) is 5.63. The van der Waals surface area contributed by atoms with Crippen LogP contribution in [0.3, 0.4) is 0 Å². The molecule has 154 valence electrons. The van der Waals surface area contributed by atoms with Gasteiger partial charge in [-0.2, -0.15) is 0 Å². The number of thioether (sulfide) groups is 1. The van der Waals surface area contributed by atoms with E-state index in [0.717, 1.165) is 16.4 Å². The first-order valence-electron chi connectivity index (χ1n) is 10.6. The molecular formula is C26H28N2OS. The number of furan rings is 1. The third-order valence-electron chi connectivity index (χ3n) is 6.13. The summed E-state index contributed by atoms with van der Waals surface area (Å²) < 4.78 is 6.37. The molecule has 3 heterocycles. The molecule has 0 bridgehead atoms. The Morgan fingerprint density at radius 3 is 2.47 bits per heavy atom. The van der Waals surface area contributed by atoms with E-state index in [1.54, 1.807) is 6.20 Å². The first-order chi connectivity index (χ1) is 14.4. The van der Waals surface area contributed by atoms with Gasteiger partial charge in [0.15, 0.2) is 5.58 Å². The van der Waals surface area contributed by atoms with Gasteiger partial charge in [0.25, 0.3) is 0 Å². The third kappa shape index (κ3) is 3.01. The number of benzene rings is 2. The second kappa shape index (κ2) is 7.05. The summed E-state index contributed by atoms with van der Waals surface area (Å²) in [7, 11) is 0. The highest BCUT2D eigenvalue weighted by atomic mass is 32.2. The summed E-state index contributed by atoms with van der Waals surface area (Å²) in [5, 5.41) is 2.97. The number of fused-ring (bicyclic) bond motifs is 3. The predicted octanol–water partition coefficient (Wildman–Crippen LogP) is 7.34. The van der Waals surface area contributed by atoms with Gasteiger partial charge < -0.3 is 9.32 Å². The molecule has 2 aromatic carbocycles. The lowest BCUT2D eigenvalue weighted by molar-refractivity contribution is 0.378. The molecule has 1 fully saturated rings. The molecule has 1 aliphatic heterocycles. The number of rotatable bonds is 2. The molecule has 0 N–H and O–H groups in total. The number of pyridine rings is 1. The van der Waals surface area contributed by atoms with Crippen LogP contribution in [0.4, 0.5) is 5.69 Å². The summed E-state index contributed by atoms with van der Waals surface area (Å²) in [6, 6.07) is 19.7. The molecule has 3 atom stereocenters. The fourth-order valence-corrected chi connectivity index (χ4v) is 6.49. The molecule has 0 amide bonds. The maximum Gasteiger partial charge on any atom is 0.227 e. The third-order valence-corrected chi connectivity index (χ3v) is 8.28. The zero-order valence-electron chi connectivity index (χ0n) is 18.2. The van der Waals surface area contributed by atoms with Crippen molar-refractivity contribution in [2.24, 2.45) is 5.41 Å². The van der Waals surface area contributed by atoms with Gasteiger partial charge in [-0.15, -0.1) is 11.8 Å². The van der Waals surface area contributed by atoms with Crippen LogP contribution in [0, 0.1) is 12.3 Å². The maximum atomic E-state index is 6.37. The zero-order valence-corrected chi connectivity index (χ0v) is 19.0. The lowest BCUT2D eigenvalue weighted by atomic mass is 9.93. The number of aryl methyl sites for hydroxylation is 1. The van der Waals surface area contributed by atoms with Crippen LogP contribution in [0.15, 0.2) is 65.2 Å². The van der Waals surface area contributed by atoms with Gasteiger partial charge in [0.2, 0.25) is 5.71 Å². The van der Waals surface area contributed by atoms with E-state index in [2.05, 4.69) is 105 Å². The van der Waals surface area contributed by atoms with Gasteiger partial charge in [0.05, 0.1) is 16.3 Å². The molecule has 0 saturated carbocycles. The monoisotopic (exact) mass is 416 g/mol. The quantitative estimate of drug-likeness (QED) is 0.342. The number of hydrogen-bond acceptors (Lipinski definition) is 4. The van der Waals surface area contributed by atoms with Crippen molar-refractivity contribution in [1.29, 1.82) is 0 Å². The fraction of sp³-hybridized carbons (Fsp3) is 0.346. The van der Waals surface area contributed by atoms with Gasteiger partial charge in [-0.05, 0) is 42.5 Å². The Labute approximate surface area is 182 Å². The lowest BCUT2D eigenvalue weighted by Gasteiger charge is -2.38. The average Bonchev–Trinajstić information content (AvgIpc) is 3.26. The minimum Gasteiger partial charge on any atom is -0.436 e. The molecule has 3 nitrogen and oxygen atoms in total. The fourth-order valence-electron chi connectivity index (χ4n) is 4.70. The van der Waals surface area contributed by atoms with Crippen LogP contribution < -0.4 is 4.90 Å². The molecule has 0 aliphatic carbocycles. The molecule has 0 spiro atoms. The van der Waals surface area contributed by atoms with Crippen molar-refractivity contribution < 1.29 is 4.42 Å². The normalized spacial score (nSPS) is 22.3. The van der Waals surface area contributed by atoms with Crippen molar-refractivity contribution in [3.63, 3.8) is 0 Å². The summed E-state index contributed by atoms with van der Waals surface area (Å²) in [6.45, 7) is 11.6. The first kappa shape index (κ1) is 19.5. The number of anilines is 1.